The van der Waals surface area contributed by atoms with E-state index < -0.39 is 0 Å². The molecule has 0 radical (unpaired) electrons. The van der Waals surface area contributed by atoms with Crippen molar-refractivity contribution in [2.75, 3.05) is 38.2 Å². The molecule has 1 N–H and O–H groups in total. The molecule has 3 aliphatic heterocycles. The van der Waals surface area contributed by atoms with Crippen LogP contribution in [0.25, 0.3) is 10.9 Å². The van der Waals surface area contributed by atoms with Crippen LogP contribution in [-0.4, -0.2) is 60.8 Å². The van der Waals surface area contributed by atoms with Crippen LogP contribution in [0.3, 0.4) is 0 Å². The number of ether oxygens (including phenoxy) is 4. The molecule has 8 nitrogen and oxygen atoms in total. The maximum absolute atomic E-state index is 11.6. The minimum Gasteiger partial charge on any atom is -0.490 e. The number of aryl methyl sites for hydroxylation is 1. The standard InChI is InChI=1S/C26H27N3O5/c1-16-2-4-20-21(27-16)5-7-24-26(20)34-19(14-31-24)13-29-10-8-17(9-11-29)33-18-3-6-23-22(12-18)28-25(30)15-32-23/h2-7,12,17,19H,8-11,13-15H2,1H3,(H,28,30)/t19-/m0/s1. The van der Waals surface area contributed by atoms with E-state index >= 15 is 0 Å². The second kappa shape index (κ2) is 8.68. The van der Waals surface area contributed by atoms with Crippen LogP contribution in [0.15, 0.2) is 42.5 Å². The molecule has 176 valence electrons. The first-order valence-corrected chi connectivity index (χ1v) is 11.8. The lowest BCUT2D eigenvalue weighted by Crippen LogP contribution is -2.45. The number of fused-ring (bicyclic) bond motifs is 4. The molecule has 3 aliphatic rings. The lowest BCUT2D eigenvalue weighted by atomic mass is 10.1. The number of carbonyl (C=O) groups excluding carboxylic acids is 1. The Kier molecular flexibility index (Phi) is 5.37. The van der Waals surface area contributed by atoms with Gasteiger partial charge in [0.05, 0.1) is 11.2 Å². The number of benzene rings is 2. The molecular weight excluding hydrogens is 434 g/mol. The molecule has 4 heterocycles. The molecule has 6 rings (SSSR count). The summed E-state index contributed by atoms with van der Waals surface area (Å²) in [7, 11) is 0. The molecule has 1 aromatic heterocycles. The fourth-order valence-electron chi connectivity index (χ4n) is 4.79. The molecular formula is C26H27N3O5. The molecule has 2 aromatic carbocycles. The van der Waals surface area contributed by atoms with E-state index in [1.165, 1.54) is 0 Å². The molecule has 0 unspecified atom stereocenters. The molecule has 0 spiro atoms. The number of carbonyl (C=O) groups is 1. The predicted molar refractivity (Wildman–Crippen MR) is 127 cm³/mol. The van der Waals surface area contributed by atoms with Crippen molar-refractivity contribution in [3.63, 3.8) is 0 Å². The van der Waals surface area contributed by atoms with Gasteiger partial charge in [0.25, 0.3) is 5.91 Å². The van der Waals surface area contributed by atoms with Gasteiger partial charge in [-0.25, -0.2) is 0 Å². The van der Waals surface area contributed by atoms with E-state index in [0.29, 0.717) is 18.0 Å². The molecule has 1 saturated heterocycles. The summed E-state index contributed by atoms with van der Waals surface area (Å²) in [6.45, 7) is 5.25. The number of pyridine rings is 1. The maximum atomic E-state index is 11.6. The minimum absolute atomic E-state index is 0.0267. The summed E-state index contributed by atoms with van der Waals surface area (Å²) in [5, 5.41) is 3.82. The van der Waals surface area contributed by atoms with Gasteiger partial charge in [0.15, 0.2) is 18.1 Å². The van der Waals surface area contributed by atoms with Gasteiger partial charge in [-0.3, -0.25) is 14.7 Å². The number of hydrogen-bond donors (Lipinski definition) is 1. The van der Waals surface area contributed by atoms with Crippen molar-refractivity contribution in [1.82, 2.24) is 9.88 Å². The van der Waals surface area contributed by atoms with Gasteiger partial charge in [-0.1, -0.05) is 0 Å². The van der Waals surface area contributed by atoms with Crippen LogP contribution >= 0.6 is 0 Å². The van der Waals surface area contributed by atoms with Crippen LogP contribution in [0.2, 0.25) is 0 Å². The van der Waals surface area contributed by atoms with E-state index in [1.807, 2.05) is 43.3 Å². The van der Waals surface area contributed by atoms with E-state index in [9.17, 15) is 4.79 Å². The summed E-state index contributed by atoms with van der Waals surface area (Å²) in [6, 6.07) is 13.6. The number of piperidine rings is 1. The number of nitrogens with one attached hydrogen (secondary N) is 1. The van der Waals surface area contributed by atoms with Crippen LogP contribution in [-0.2, 0) is 4.79 Å². The molecule has 34 heavy (non-hydrogen) atoms. The summed E-state index contributed by atoms with van der Waals surface area (Å²) in [5.41, 5.74) is 2.58. The number of amides is 1. The maximum Gasteiger partial charge on any atom is 0.262 e. The Labute approximate surface area is 197 Å². The molecule has 1 amide bonds. The number of rotatable bonds is 4. The first-order valence-electron chi connectivity index (χ1n) is 11.8. The first kappa shape index (κ1) is 21.0. The second-order valence-electron chi connectivity index (χ2n) is 9.08. The van der Waals surface area contributed by atoms with Gasteiger partial charge in [0, 0.05) is 36.8 Å². The summed E-state index contributed by atoms with van der Waals surface area (Å²) < 4.78 is 24.0. The molecule has 3 aromatic rings. The third-order valence-electron chi connectivity index (χ3n) is 6.52. The SMILES string of the molecule is Cc1ccc2c3c(ccc2n1)OC[C@H](CN1CCC(Oc2ccc4c(c2)NC(=O)CO4)CC1)O3. The van der Waals surface area contributed by atoms with Crippen molar-refractivity contribution in [3.05, 3.63) is 48.2 Å². The zero-order valence-electron chi connectivity index (χ0n) is 19.1. The van der Waals surface area contributed by atoms with Crippen LogP contribution in [0, 0.1) is 6.92 Å². The van der Waals surface area contributed by atoms with E-state index in [0.717, 1.165) is 66.3 Å². The second-order valence-corrected chi connectivity index (χ2v) is 9.08. The molecule has 0 aliphatic carbocycles. The third-order valence-corrected chi connectivity index (χ3v) is 6.52. The minimum atomic E-state index is -0.145. The van der Waals surface area contributed by atoms with Gasteiger partial charge in [-0.2, -0.15) is 0 Å². The highest BCUT2D eigenvalue weighted by Crippen LogP contribution is 2.38. The number of hydrogen-bond acceptors (Lipinski definition) is 7. The largest absolute Gasteiger partial charge is 0.490 e. The normalized spacial score (nSPS) is 20.4. The van der Waals surface area contributed by atoms with Gasteiger partial charge < -0.3 is 24.3 Å². The van der Waals surface area contributed by atoms with Crippen LogP contribution < -0.4 is 24.3 Å². The molecule has 0 saturated carbocycles. The number of nitrogens with zero attached hydrogens (tertiary/aromatic N) is 2. The fraction of sp³-hybridized carbons (Fsp3) is 0.385. The molecule has 1 fully saturated rings. The lowest BCUT2D eigenvalue weighted by Gasteiger charge is -2.36. The Morgan fingerprint density at radius 2 is 1.94 bits per heavy atom. The van der Waals surface area contributed by atoms with Crippen molar-refractivity contribution < 1.29 is 23.7 Å². The molecule has 1 atom stereocenters. The van der Waals surface area contributed by atoms with Gasteiger partial charge in [-0.15, -0.1) is 0 Å². The summed E-state index contributed by atoms with van der Waals surface area (Å²) in [6.07, 6.45) is 1.96. The number of anilines is 1. The van der Waals surface area contributed by atoms with Crippen LogP contribution in [0.1, 0.15) is 18.5 Å². The van der Waals surface area contributed by atoms with Crippen molar-refractivity contribution in [2.24, 2.45) is 0 Å². The average Bonchev–Trinajstić information content (AvgIpc) is 2.84. The topological polar surface area (TPSA) is 82.2 Å². The highest BCUT2D eigenvalue weighted by Gasteiger charge is 2.28. The lowest BCUT2D eigenvalue weighted by molar-refractivity contribution is -0.118. The summed E-state index contributed by atoms with van der Waals surface area (Å²) in [4.78, 5) is 18.6. The quantitative estimate of drug-likeness (QED) is 0.636. The summed E-state index contributed by atoms with van der Waals surface area (Å²) >= 11 is 0. The monoisotopic (exact) mass is 461 g/mol. The average molecular weight is 462 g/mol. The fourth-order valence-corrected chi connectivity index (χ4v) is 4.79. The highest BCUT2D eigenvalue weighted by molar-refractivity contribution is 5.95. The van der Waals surface area contributed by atoms with E-state index in [2.05, 4.69) is 21.3 Å². The smallest absolute Gasteiger partial charge is 0.262 e. The molecule has 0 bridgehead atoms. The summed E-state index contributed by atoms with van der Waals surface area (Å²) in [5.74, 6) is 2.86. The van der Waals surface area contributed by atoms with Gasteiger partial charge in [0.1, 0.15) is 30.3 Å². The third kappa shape index (κ3) is 4.21. The highest BCUT2D eigenvalue weighted by atomic mass is 16.6. The van der Waals surface area contributed by atoms with Gasteiger partial charge in [0.2, 0.25) is 0 Å². The Morgan fingerprint density at radius 3 is 2.82 bits per heavy atom. The van der Waals surface area contributed by atoms with E-state index in [-0.39, 0.29) is 24.7 Å². The number of likely N-dealkylation sites (tertiary alicyclic amines) is 1. The Hall–Kier alpha value is -3.52. The van der Waals surface area contributed by atoms with Crippen molar-refractivity contribution >= 4 is 22.5 Å². The van der Waals surface area contributed by atoms with Crippen molar-refractivity contribution in [2.45, 2.75) is 32.0 Å². The Balaban J connectivity index is 1.05. The van der Waals surface area contributed by atoms with Crippen molar-refractivity contribution in [1.29, 1.82) is 0 Å². The van der Waals surface area contributed by atoms with Crippen LogP contribution in [0.5, 0.6) is 23.0 Å². The van der Waals surface area contributed by atoms with Gasteiger partial charge >= 0.3 is 0 Å². The first-order chi connectivity index (χ1) is 16.6. The van der Waals surface area contributed by atoms with Crippen LogP contribution in [0.4, 0.5) is 5.69 Å². The Bertz CT molecular complexity index is 1240. The number of aromatic nitrogens is 1. The van der Waals surface area contributed by atoms with Gasteiger partial charge in [-0.05, 0) is 56.2 Å². The molecule has 8 heteroatoms. The van der Waals surface area contributed by atoms with E-state index in [4.69, 9.17) is 18.9 Å². The Morgan fingerprint density at radius 1 is 1.09 bits per heavy atom. The zero-order chi connectivity index (χ0) is 23.1. The van der Waals surface area contributed by atoms with E-state index in [1.54, 1.807) is 0 Å². The predicted octanol–water partition coefficient (Wildman–Crippen LogP) is 3.56. The van der Waals surface area contributed by atoms with Crippen molar-refractivity contribution in [3.8, 4) is 23.0 Å². The zero-order valence-corrected chi connectivity index (χ0v) is 19.1.